The van der Waals surface area contributed by atoms with Gasteiger partial charge in [0.25, 0.3) is 0 Å². The van der Waals surface area contributed by atoms with Crippen molar-refractivity contribution >= 4 is 11.9 Å². The first-order valence-electron chi connectivity index (χ1n) is 25.6. The van der Waals surface area contributed by atoms with Gasteiger partial charge in [-0.15, -0.1) is 0 Å². The van der Waals surface area contributed by atoms with E-state index in [-0.39, 0.29) is 18.5 Å². The van der Waals surface area contributed by atoms with Crippen LogP contribution in [0, 0.1) is 0 Å². The lowest BCUT2D eigenvalue weighted by molar-refractivity contribution is -0.143. The second-order valence-electron chi connectivity index (χ2n) is 17.5. The molecule has 6 heteroatoms. The molecule has 0 aliphatic carbocycles. The van der Waals surface area contributed by atoms with Crippen molar-refractivity contribution < 1.29 is 24.5 Å². The molecule has 0 spiro atoms. The number of aliphatic hydroxyl groups excluding tert-OH is 2. The molecule has 58 heavy (non-hydrogen) atoms. The Morgan fingerprint density at radius 1 is 0.466 bits per heavy atom. The summed E-state index contributed by atoms with van der Waals surface area (Å²) < 4.78 is 5.45. The van der Waals surface area contributed by atoms with Gasteiger partial charge in [0.15, 0.2) is 0 Å². The van der Waals surface area contributed by atoms with Gasteiger partial charge in [-0.05, 0) is 57.8 Å². The van der Waals surface area contributed by atoms with E-state index in [1.54, 1.807) is 6.08 Å². The van der Waals surface area contributed by atoms with E-state index in [9.17, 15) is 19.8 Å². The van der Waals surface area contributed by atoms with Crippen molar-refractivity contribution in [3.05, 3.63) is 24.3 Å². The van der Waals surface area contributed by atoms with Crippen molar-refractivity contribution in [1.29, 1.82) is 0 Å². The lowest BCUT2D eigenvalue weighted by atomic mass is 10.0. The molecule has 0 aromatic carbocycles. The number of allylic oxidation sites excluding steroid dienone is 3. The van der Waals surface area contributed by atoms with E-state index >= 15 is 0 Å². The standard InChI is InChI=1S/C52H99NO5/c1-3-5-7-9-11-13-25-30-34-38-42-46-52(57)58-47-43-39-35-31-27-24-22-20-18-16-14-15-17-19-21-23-26-29-33-37-41-45-51(56)53-49(48-54)50(55)44-40-36-32-28-12-10-8-6-4-2/h15,17,40,44,49-50,54-55H,3-14,16,18-39,41-43,45-48H2,1-2H3,(H,53,56)/b17-15-,44-40+. The number of carbonyl (C=O) groups excluding carboxylic acids is 2. The highest BCUT2D eigenvalue weighted by Gasteiger charge is 2.18. The highest BCUT2D eigenvalue weighted by atomic mass is 16.5. The molecule has 0 rings (SSSR count). The minimum atomic E-state index is -0.846. The minimum absolute atomic E-state index is 0.00664. The fourth-order valence-electron chi connectivity index (χ4n) is 7.74. The second kappa shape index (κ2) is 48.0. The highest BCUT2D eigenvalue weighted by molar-refractivity contribution is 5.76. The van der Waals surface area contributed by atoms with Gasteiger partial charge in [-0.25, -0.2) is 0 Å². The number of carbonyl (C=O) groups is 2. The van der Waals surface area contributed by atoms with Gasteiger partial charge in [0, 0.05) is 12.8 Å². The summed E-state index contributed by atoms with van der Waals surface area (Å²) in [5, 5.41) is 22.9. The van der Waals surface area contributed by atoms with Crippen LogP contribution >= 0.6 is 0 Å². The Bertz CT molecular complexity index is 904. The van der Waals surface area contributed by atoms with Crippen LogP contribution in [-0.2, 0) is 14.3 Å². The Balaban J connectivity index is 3.42. The molecule has 0 aromatic heterocycles. The summed E-state index contributed by atoms with van der Waals surface area (Å²) in [6, 6.07) is -0.630. The van der Waals surface area contributed by atoms with Crippen LogP contribution in [0.1, 0.15) is 271 Å². The van der Waals surface area contributed by atoms with E-state index in [4.69, 9.17) is 4.74 Å². The summed E-state index contributed by atoms with van der Waals surface area (Å²) in [5.41, 5.74) is 0. The molecule has 3 N–H and O–H groups in total. The molecule has 0 aliphatic heterocycles. The summed E-state index contributed by atoms with van der Waals surface area (Å²) in [6.07, 6.45) is 56.2. The molecule has 0 aliphatic rings. The molecule has 342 valence electrons. The maximum absolute atomic E-state index is 12.4. The monoisotopic (exact) mass is 818 g/mol. The second-order valence-corrected chi connectivity index (χ2v) is 17.5. The van der Waals surface area contributed by atoms with Gasteiger partial charge in [-0.1, -0.05) is 224 Å². The predicted molar refractivity (Wildman–Crippen MR) is 250 cm³/mol. The average molecular weight is 818 g/mol. The van der Waals surface area contributed by atoms with E-state index < -0.39 is 12.1 Å². The summed E-state index contributed by atoms with van der Waals surface area (Å²) in [5.74, 6) is -0.0721. The van der Waals surface area contributed by atoms with E-state index in [1.165, 1.54) is 199 Å². The van der Waals surface area contributed by atoms with Crippen molar-refractivity contribution in [2.75, 3.05) is 13.2 Å². The smallest absolute Gasteiger partial charge is 0.305 e. The van der Waals surface area contributed by atoms with Crippen LogP contribution in [0.25, 0.3) is 0 Å². The zero-order valence-electron chi connectivity index (χ0n) is 38.8. The van der Waals surface area contributed by atoms with E-state index in [0.29, 0.717) is 19.4 Å². The van der Waals surface area contributed by atoms with Gasteiger partial charge in [-0.2, -0.15) is 0 Å². The number of unbranched alkanes of at least 4 members (excludes halogenated alkanes) is 34. The molecule has 1 amide bonds. The Hall–Kier alpha value is -1.66. The molecule has 0 saturated carbocycles. The minimum Gasteiger partial charge on any atom is -0.466 e. The van der Waals surface area contributed by atoms with E-state index in [2.05, 4.69) is 31.3 Å². The molecule has 2 atom stereocenters. The number of amides is 1. The Labute approximate surface area is 361 Å². The molecule has 0 saturated heterocycles. The maximum Gasteiger partial charge on any atom is 0.305 e. The van der Waals surface area contributed by atoms with E-state index in [1.807, 2.05) is 6.08 Å². The largest absolute Gasteiger partial charge is 0.466 e. The molecule has 2 unspecified atom stereocenters. The van der Waals surface area contributed by atoms with E-state index in [0.717, 1.165) is 44.9 Å². The molecule has 0 radical (unpaired) electrons. The third-order valence-corrected chi connectivity index (χ3v) is 11.7. The third-order valence-electron chi connectivity index (χ3n) is 11.7. The first kappa shape index (κ1) is 56.3. The molecule has 0 heterocycles. The van der Waals surface area contributed by atoms with Gasteiger partial charge in [0.2, 0.25) is 5.91 Å². The number of nitrogens with one attached hydrogen (secondary N) is 1. The normalized spacial score (nSPS) is 12.8. The Kier molecular flexibility index (Phi) is 46.6. The lowest BCUT2D eigenvalue weighted by Crippen LogP contribution is -2.45. The molecular formula is C52H99NO5. The first-order chi connectivity index (χ1) is 28.5. The predicted octanol–water partition coefficient (Wildman–Crippen LogP) is 15.1. The molecule has 0 aromatic rings. The van der Waals surface area contributed by atoms with Crippen LogP contribution in [-0.4, -0.2) is 47.4 Å². The van der Waals surface area contributed by atoms with Crippen molar-refractivity contribution in [1.82, 2.24) is 5.32 Å². The molecule has 0 fully saturated rings. The number of aliphatic hydroxyl groups is 2. The van der Waals surface area contributed by atoms with Gasteiger partial charge in [-0.3, -0.25) is 9.59 Å². The number of esters is 1. The fourth-order valence-corrected chi connectivity index (χ4v) is 7.74. The summed E-state index contributed by atoms with van der Waals surface area (Å²) in [6.45, 7) is 4.86. The number of hydrogen-bond acceptors (Lipinski definition) is 5. The molecule has 0 bridgehead atoms. The van der Waals surface area contributed by atoms with Crippen molar-refractivity contribution in [3.63, 3.8) is 0 Å². The van der Waals surface area contributed by atoms with Crippen LogP contribution in [0.4, 0.5) is 0 Å². The van der Waals surface area contributed by atoms with Crippen LogP contribution in [0.5, 0.6) is 0 Å². The summed E-state index contributed by atoms with van der Waals surface area (Å²) in [7, 11) is 0. The highest BCUT2D eigenvalue weighted by Crippen LogP contribution is 2.15. The summed E-state index contributed by atoms with van der Waals surface area (Å²) in [4.78, 5) is 24.3. The zero-order chi connectivity index (χ0) is 42.3. The lowest BCUT2D eigenvalue weighted by Gasteiger charge is -2.20. The Morgan fingerprint density at radius 3 is 1.22 bits per heavy atom. The molecular weight excluding hydrogens is 719 g/mol. The molecule has 6 nitrogen and oxygen atoms in total. The summed E-state index contributed by atoms with van der Waals surface area (Å²) >= 11 is 0. The van der Waals surface area contributed by atoms with Crippen LogP contribution in [0.3, 0.4) is 0 Å². The third kappa shape index (κ3) is 43.9. The first-order valence-corrected chi connectivity index (χ1v) is 25.6. The van der Waals surface area contributed by atoms with Crippen LogP contribution in [0.2, 0.25) is 0 Å². The fraction of sp³-hybridized carbons (Fsp3) is 0.885. The van der Waals surface area contributed by atoms with Crippen molar-refractivity contribution in [3.8, 4) is 0 Å². The van der Waals surface area contributed by atoms with Gasteiger partial charge in [0.1, 0.15) is 0 Å². The van der Waals surface area contributed by atoms with Gasteiger partial charge in [0.05, 0.1) is 25.4 Å². The quantitative estimate of drug-likeness (QED) is 0.0323. The van der Waals surface area contributed by atoms with Gasteiger partial charge < -0.3 is 20.3 Å². The van der Waals surface area contributed by atoms with Crippen LogP contribution < -0.4 is 5.32 Å². The maximum atomic E-state index is 12.4. The zero-order valence-corrected chi connectivity index (χ0v) is 38.8. The number of hydrogen-bond donors (Lipinski definition) is 3. The van der Waals surface area contributed by atoms with Crippen molar-refractivity contribution in [2.45, 2.75) is 283 Å². The average Bonchev–Trinajstić information content (AvgIpc) is 3.22. The van der Waals surface area contributed by atoms with Crippen LogP contribution in [0.15, 0.2) is 24.3 Å². The van der Waals surface area contributed by atoms with Gasteiger partial charge >= 0.3 is 5.97 Å². The van der Waals surface area contributed by atoms with Crippen molar-refractivity contribution in [2.24, 2.45) is 0 Å². The number of rotatable bonds is 47. The number of ether oxygens (including phenoxy) is 1. The SMILES string of the molecule is CCCCCCCCC/C=C/C(O)C(CO)NC(=O)CCCCCCCCC/C=C\CCCCCCCCCCCCOC(=O)CCCCCCCCCCCCC. The topological polar surface area (TPSA) is 95.9 Å². The Morgan fingerprint density at radius 2 is 0.810 bits per heavy atom.